The SMILES string of the molecule is c1nc(CNC2CCSCC2)no1. The number of nitrogens with zero attached hydrogens (tertiary/aromatic N) is 2. The van der Waals surface area contributed by atoms with Gasteiger partial charge in [0.2, 0.25) is 6.39 Å². The predicted octanol–water partition coefficient (Wildman–Crippen LogP) is 1.05. The number of thioether (sulfide) groups is 1. The number of aromatic nitrogens is 2. The molecule has 1 aliphatic rings. The lowest BCUT2D eigenvalue weighted by Crippen LogP contribution is -2.32. The summed E-state index contributed by atoms with van der Waals surface area (Å²) < 4.78 is 4.65. The third-order valence-corrected chi connectivity index (χ3v) is 3.23. The van der Waals surface area contributed by atoms with Crippen molar-refractivity contribution in [3.8, 4) is 0 Å². The standard InChI is InChI=1S/C8H13N3OS/c1-3-13-4-2-7(1)9-5-8-10-6-12-11-8/h6-7,9H,1-5H2. The monoisotopic (exact) mass is 199 g/mol. The normalized spacial score (nSPS) is 19.1. The van der Waals surface area contributed by atoms with E-state index in [0.717, 1.165) is 12.4 Å². The van der Waals surface area contributed by atoms with Crippen LogP contribution in [-0.4, -0.2) is 27.7 Å². The molecule has 1 N–H and O–H groups in total. The Kier molecular flexibility index (Phi) is 3.21. The minimum Gasteiger partial charge on any atom is -0.343 e. The van der Waals surface area contributed by atoms with Crippen LogP contribution in [0.2, 0.25) is 0 Å². The molecular formula is C8H13N3OS. The van der Waals surface area contributed by atoms with E-state index in [4.69, 9.17) is 0 Å². The van der Waals surface area contributed by atoms with Gasteiger partial charge in [-0.15, -0.1) is 0 Å². The van der Waals surface area contributed by atoms with Gasteiger partial charge in [0, 0.05) is 6.04 Å². The predicted molar refractivity (Wildman–Crippen MR) is 51.5 cm³/mol. The first kappa shape index (κ1) is 9.02. The van der Waals surface area contributed by atoms with Gasteiger partial charge in [0.15, 0.2) is 5.82 Å². The highest BCUT2D eigenvalue weighted by atomic mass is 32.2. The van der Waals surface area contributed by atoms with Crippen LogP contribution in [0.15, 0.2) is 10.9 Å². The van der Waals surface area contributed by atoms with Gasteiger partial charge in [-0.25, -0.2) is 0 Å². The van der Waals surface area contributed by atoms with Crippen molar-refractivity contribution in [2.24, 2.45) is 0 Å². The molecule has 0 atom stereocenters. The molecule has 0 radical (unpaired) electrons. The Bertz CT molecular complexity index is 234. The number of rotatable bonds is 3. The van der Waals surface area contributed by atoms with Gasteiger partial charge in [0.25, 0.3) is 0 Å². The van der Waals surface area contributed by atoms with Crippen LogP contribution in [0.1, 0.15) is 18.7 Å². The van der Waals surface area contributed by atoms with Crippen LogP contribution in [-0.2, 0) is 6.54 Å². The van der Waals surface area contributed by atoms with E-state index in [0.29, 0.717) is 6.04 Å². The lowest BCUT2D eigenvalue weighted by Gasteiger charge is -2.21. The van der Waals surface area contributed by atoms with E-state index in [9.17, 15) is 0 Å². The van der Waals surface area contributed by atoms with E-state index in [1.807, 2.05) is 11.8 Å². The van der Waals surface area contributed by atoms with E-state index >= 15 is 0 Å². The van der Waals surface area contributed by atoms with Crippen LogP contribution < -0.4 is 5.32 Å². The van der Waals surface area contributed by atoms with Gasteiger partial charge in [0.05, 0.1) is 6.54 Å². The summed E-state index contributed by atoms with van der Waals surface area (Å²) in [6.07, 6.45) is 3.87. The fourth-order valence-corrected chi connectivity index (χ4v) is 2.51. The van der Waals surface area contributed by atoms with Crippen molar-refractivity contribution in [3.63, 3.8) is 0 Å². The Morgan fingerprint density at radius 1 is 1.54 bits per heavy atom. The highest BCUT2D eigenvalue weighted by molar-refractivity contribution is 7.99. The van der Waals surface area contributed by atoms with Crippen molar-refractivity contribution in [1.29, 1.82) is 0 Å². The molecule has 1 saturated heterocycles. The highest BCUT2D eigenvalue weighted by Gasteiger charge is 2.13. The summed E-state index contributed by atoms with van der Waals surface area (Å²) in [5.41, 5.74) is 0. The van der Waals surface area contributed by atoms with Gasteiger partial charge in [-0.05, 0) is 24.3 Å². The van der Waals surface area contributed by atoms with Crippen LogP contribution in [0.4, 0.5) is 0 Å². The Hall–Kier alpha value is -0.550. The zero-order chi connectivity index (χ0) is 8.93. The topological polar surface area (TPSA) is 51.0 Å². The summed E-state index contributed by atoms with van der Waals surface area (Å²) in [5.74, 6) is 3.28. The largest absolute Gasteiger partial charge is 0.343 e. The summed E-state index contributed by atoms with van der Waals surface area (Å²) in [6.45, 7) is 0.728. The number of nitrogens with one attached hydrogen (secondary N) is 1. The molecule has 0 bridgehead atoms. The second kappa shape index (κ2) is 4.62. The molecule has 1 fully saturated rings. The fraction of sp³-hybridized carbons (Fsp3) is 0.750. The van der Waals surface area contributed by atoms with Crippen LogP contribution in [0.25, 0.3) is 0 Å². The molecule has 0 saturated carbocycles. The van der Waals surface area contributed by atoms with E-state index in [1.54, 1.807) is 0 Å². The maximum Gasteiger partial charge on any atom is 0.213 e. The van der Waals surface area contributed by atoms with Crippen molar-refractivity contribution in [2.75, 3.05) is 11.5 Å². The van der Waals surface area contributed by atoms with Crippen LogP contribution in [0, 0.1) is 0 Å². The highest BCUT2D eigenvalue weighted by Crippen LogP contribution is 2.16. The molecule has 2 heterocycles. The van der Waals surface area contributed by atoms with Crippen LogP contribution >= 0.6 is 11.8 Å². The van der Waals surface area contributed by atoms with Gasteiger partial charge in [-0.2, -0.15) is 16.7 Å². The maximum absolute atomic E-state index is 4.65. The first-order valence-electron chi connectivity index (χ1n) is 4.51. The second-order valence-corrected chi connectivity index (χ2v) is 4.34. The molecule has 5 heteroatoms. The second-order valence-electron chi connectivity index (χ2n) is 3.11. The minimum atomic E-state index is 0.639. The third-order valence-electron chi connectivity index (χ3n) is 2.18. The fourth-order valence-electron chi connectivity index (χ4n) is 1.41. The maximum atomic E-state index is 4.65. The first-order valence-corrected chi connectivity index (χ1v) is 5.67. The van der Waals surface area contributed by atoms with Gasteiger partial charge in [-0.3, -0.25) is 0 Å². The molecule has 0 unspecified atom stereocenters. The molecule has 0 aliphatic carbocycles. The molecule has 1 aromatic rings. The molecular weight excluding hydrogens is 186 g/mol. The molecule has 72 valence electrons. The summed E-state index contributed by atoms with van der Waals surface area (Å²) in [7, 11) is 0. The van der Waals surface area contributed by atoms with E-state index in [-0.39, 0.29) is 0 Å². The molecule has 4 nitrogen and oxygen atoms in total. The van der Waals surface area contributed by atoms with Crippen molar-refractivity contribution < 1.29 is 4.52 Å². The van der Waals surface area contributed by atoms with Gasteiger partial charge >= 0.3 is 0 Å². The Labute approximate surface area is 81.5 Å². The minimum absolute atomic E-state index is 0.639. The quantitative estimate of drug-likeness (QED) is 0.788. The zero-order valence-corrected chi connectivity index (χ0v) is 8.22. The van der Waals surface area contributed by atoms with E-state index in [1.165, 1.54) is 30.7 Å². The zero-order valence-electron chi connectivity index (χ0n) is 7.40. The van der Waals surface area contributed by atoms with E-state index in [2.05, 4.69) is 20.0 Å². The van der Waals surface area contributed by atoms with Crippen molar-refractivity contribution in [1.82, 2.24) is 15.5 Å². The van der Waals surface area contributed by atoms with Crippen LogP contribution in [0.5, 0.6) is 0 Å². The smallest absolute Gasteiger partial charge is 0.213 e. The Morgan fingerprint density at radius 2 is 2.38 bits per heavy atom. The lowest BCUT2D eigenvalue weighted by atomic mass is 10.1. The first-order chi connectivity index (χ1) is 6.45. The lowest BCUT2D eigenvalue weighted by molar-refractivity contribution is 0.401. The average Bonchev–Trinajstić information content (AvgIpc) is 2.69. The van der Waals surface area contributed by atoms with Crippen LogP contribution in [0.3, 0.4) is 0 Å². The van der Waals surface area contributed by atoms with E-state index < -0.39 is 0 Å². The molecule has 1 aromatic heterocycles. The molecule has 0 amide bonds. The summed E-state index contributed by atoms with van der Waals surface area (Å²) in [5, 5.41) is 7.17. The number of hydrogen-bond donors (Lipinski definition) is 1. The summed E-state index contributed by atoms with van der Waals surface area (Å²) in [4.78, 5) is 3.96. The Balaban J connectivity index is 1.72. The molecule has 0 aromatic carbocycles. The van der Waals surface area contributed by atoms with Crippen molar-refractivity contribution in [3.05, 3.63) is 12.2 Å². The molecule has 2 rings (SSSR count). The molecule has 1 aliphatic heterocycles. The third kappa shape index (κ3) is 2.70. The van der Waals surface area contributed by atoms with Gasteiger partial charge < -0.3 is 9.84 Å². The van der Waals surface area contributed by atoms with Gasteiger partial charge in [-0.1, -0.05) is 5.16 Å². The van der Waals surface area contributed by atoms with Gasteiger partial charge in [0.1, 0.15) is 0 Å². The molecule has 0 spiro atoms. The van der Waals surface area contributed by atoms with Crippen molar-refractivity contribution in [2.45, 2.75) is 25.4 Å². The average molecular weight is 199 g/mol. The summed E-state index contributed by atoms with van der Waals surface area (Å²) >= 11 is 2.03. The van der Waals surface area contributed by atoms with Crippen molar-refractivity contribution >= 4 is 11.8 Å². The molecule has 13 heavy (non-hydrogen) atoms. The summed E-state index contributed by atoms with van der Waals surface area (Å²) in [6, 6.07) is 0.639. The number of hydrogen-bond acceptors (Lipinski definition) is 5. The Morgan fingerprint density at radius 3 is 3.08 bits per heavy atom.